The minimum absolute atomic E-state index is 0.0723. The molecule has 0 unspecified atom stereocenters. The lowest BCUT2D eigenvalue weighted by Crippen LogP contribution is -2.53. The highest BCUT2D eigenvalue weighted by molar-refractivity contribution is 5.83. The number of rotatable bonds is 6. The standard InChI is InChI=1S/C19H31N3O/c1-15-8-10-16(11-9-15)17(21(4)5)18(23)20-19(2,3)14-22-12-6-7-13-22/h8-11,17H,6-7,12-14H2,1-5H3,(H,20,23)/t17-/m1/s1. The zero-order chi connectivity index (χ0) is 17.0. The molecule has 1 fully saturated rings. The van der Waals surface area contributed by atoms with Gasteiger partial charge in [-0.2, -0.15) is 0 Å². The first-order valence-electron chi connectivity index (χ1n) is 8.56. The summed E-state index contributed by atoms with van der Waals surface area (Å²) in [5.41, 5.74) is 2.02. The third-order valence-electron chi connectivity index (χ3n) is 4.44. The highest BCUT2D eigenvalue weighted by Crippen LogP contribution is 2.21. The fourth-order valence-corrected chi connectivity index (χ4v) is 3.37. The van der Waals surface area contributed by atoms with Crippen LogP contribution < -0.4 is 5.32 Å². The number of aryl methyl sites for hydroxylation is 1. The second-order valence-corrected chi connectivity index (χ2v) is 7.63. The van der Waals surface area contributed by atoms with Gasteiger partial charge in [0.15, 0.2) is 0 Å². The van der Waals surface area contributed by atoms with Crippen molar-refractivity contribution in [3.05, 3.63) is 35.4 Å². The van der Waals surface area contributed by atoms with E-state index in [9.17, 15) is 4.79 Å². The molecule has 0 bridgehead atoms. The topological polar surface area (TPSA) is 35.6 Å². The molecule has 1 N–H and O–H groups in total. The van der Waals surface area contributed by atoms with E-state index in [1.807, 2.05) is 31.1 Å². The van der Waals surface area contributed by atoms with Crippen molar-refractivity contribution in [2.45, 2.75) is 45.2 Å². The second kappa shape index (κ2) is 7.45. The predicted octanol–water partition coefficient (Wildman–Crippen LogP) is 2.59. The van der Waals surface area contributed by atoms with Gasteiger partial charge in [-0.05, 0) is 66.4 Å². The molecule has 1 aliphatic heterocycles. The van der Waals surface area contributed by atoms with Gasteiger partial charge in [0.25, 0.3) is 0 Å². The summed E-state index contributed by atoms with van der Waals surface area (Å²) in [4.78, 5) is 17.3. The van der Waals surface area contributed by atoms with Gasteiger partial charge in [-0.15, -0.1) is 0 Å². The van der Waals surface area contributed by atoms with E-state index in [1.54, 1.807) is 0 Å². The van der Waals surface area contributed by atoms with E-state index in [0.717, 1.165) is 25.2 Å². The van der Waals surface area contributed by atoms with Crippen molar-refractivity contribution < 1.29 is 4.79 Å². The Balaban J connectivity index is 2.06. The number of benzene rings is 1. The summed E-state index contributed by atoms with van der Waals surface area (Å²) in [6.45, 7) is 9.50. The van der Waals surface area contributed by atoms with Gasteiger partial charge in [0.05, 0.1) is 0 Å². The molecule has 128 valence electrons. The first kappa shape index (κ1) is 18.0. The maximum atomic E-state index is 12.9. The van der Waals surface area contributed by atoms with Crippen LogP contribution in [0.4, 0.5) is 0 Å². The monoisotopic (exact) mass is 317 g/mol. The van der Waals surface area contributed by atoms with Gasteiger partial charge in [-0.25, -0.2) is 0 Å². The molecule has 1 amide bonds. The SMILES string of the molecule is Cc1ccc([C@H](C(=O)NC(C)(C)CN2CCCC2)N(C)C)cc1. The highest BCUT2D eigenvalue weighted by atomic mass is 16.2. The zero-order valence-electron chi connectivity index (χ0n) is 15.2. The molecule has 1 saturated heterocycles. The van der Waals surface area contributed by atoms with Crippen molar-refractivity contribution in [3.8, 4) is 0 Å². The van der Waals surface area contributed by atoms with Crippen LogP contribution in [0.25, 0.3) is 0 Å². The number of nitrogens with one attached hydrogen (secondary N) is 1. The highest BCUT2D eigenvalue weighted by Gasteiger charge is 2.30. The molecule has 0 radical (unpaired) electrons. The molecule has 1 atom stereocenters. The molecule has 23 heavy (non-hydrogen) atoms. The fourth-order valence-electron chi connectivity index (χ4n) is 3.37. The molecule has 0 spiro atoms. The molecule has 1 aromatic rings. The van der Waals surface area contributed by atoms with Gasteiger partial charge in [0.2, 0.25) is 5.91 Å². The predicted molar refractivity (Wildman–Crippen MR) is 95.5 cm³/mol. The summed E-state index contributed by atoms with van der Waals surface area (Å²) in [7, 11) is 3.91. The summed E-state index contributed by atoms with van der Waals surface area (Å²) in [5, 5.41) is 3.26. The Morgan fingerprint density at radius 3 is 2.30 bits per heavy atom. The molecular formula is C19H31N3O. The number of likely N-dealkylation sites (N-methyl/N-ethyl adjacent to an activating group) is 1. The van der Waals surface area contributed by atoms with Crippen LogP contribution in [0.15, 0.2) is 24.3 Å². The van der Waals surface area contributed by atoms with Crippen LogP contribution >= 0.6 is 0 Å². The third kappa shape index (κ3) is 5.05. The Morgan fingerprint density at radius 1 is 1.22 bits per heavy atom. The second-order valence-electron chi connectivity index (χ2n) is 7.63. The minimum Gasteiger partial charge on any atom is -0.348 e. The van der Waals surface area contributed by atoms with Crippen molar-refractivity contribution in [2.75, 3.05) is 33.7 Å². The summed E-state index contributed by atoms with van der Waals surface area (Å²) >= 11 is 0. The minimum atomic E-state index is -0.256. The fraction of sp³-hybridized carbons (Fsp3) is 0.632. The van der Waals surface area contributed by atoms with Crippen molar-refractivity contribution in [2.24, 2.45) is 0 Å². The number of carbonyl (C=O) groups is 1. The molecule has 0 aliphatic carbocycles. The van der Waals surface area contributed by atoms with Gasteiger partial charge in [0.1, 0.15) is 6.04 Å². The average Bonchev–Trinajstić information content (AvgIpc) is 2.92. The Morgan fingerprint density at radius 2 is 1.78 bits per heavy atom. The Labute approximate surface area is 140 Å². The largest absolute Gasteiger partial charge is 0.348 e. The lowest BCUT2D eigenvalue weighted by Gasteiger charge is -2.34. The molecule has 1 heterocycles. The molecule has 1 aromatic carbocycles. The quantitative estimate of drug-likeness (QED) is 0.876. The normalized spacial score (nSPS) is 17.5. The van der Waals surface area contributed by atoms with E-state index in [0.29, 0.717) is 0 Å². The van der Waals surface area contributed by atoms with Gasteiger partial charge in [-0.3, -0.25) is 9.69 Å². The van der Waals surface area contributed by atoms with Crippen LogP contribution in [0.2, 0.25) is 0 Å². The smallest absolute Gasteiger partial charge is 0.242 e. The van der Waals surface area contributed by atoms with Gasteiger partial charge in [0, 0.05) is 12.1 Å². The Kier molecular flexibility index (Phi) is 5.82. The number of amides is 1. The zero-order valence-corrected chi connectivity index (χ0v) is 15.2. The first-order chi connectivity index (χ1) is 10.8. The van der Waals surface area contributed by atoms with Crippen LogP contribution in [0.1, 0.15) is 43.9 Å². The maximum Gasteiger partial charge on any atom is 0.242 e. The molecule has 4 nitrogen and oxygen atoms in total. The first-order valence-corrected chi connectivity index (χ1v) is 8.56. The molecule has 4 heteroatoms. The summed E-state index contributed by atoms with van der Waals surface area (Å²) < 4.78 is 0. The summed E-state index contributed by atoms with van der Waals surface area (Å²) in [5.74, 6) is 0.0723. The number of hydrogen-bond donors (Lipinski definition) is 1. The van der Waals surface area contributed by atoms with Crippen LogP contribution in [0.3, 0.4) is 0 Å². The lowest BCUT2D eigenvalue weighted by molar-refractivity contribution is -0.127. The van der Waals surface area contributed by atoms with Crippen molar-refractivity contribution in [1.82, 2.24) is 15.1 Å². The van der Waals surface area contributed by atoms with E-state index in [4.69, 9.17) is 0 Å². The number of carbonyl (C=O) groups excluding carboxylic acids is 1. The van der Waals surface area contributed by atoms with E-state index in [2.05, 4.69) is 43.1 Å². The van der Waals surface area contributed by atoms with Crippen molar-refractivity contribution >= 4 is 5.91 Å². The van der Waals surface area contributed by atoms with Crippen molar-refractivity contribution in [1.29, 1.82) is 0 Å². The molecule has 0 aromatic heterocycles. The molecule has 0 saturated carbocycles. The summed E-state index contributed by atoms with van der Waals surface area (Å²) in [6, 6.07) is 7.97. The number of nitrogens with zero attached hydrogens (tertiary/aromatic N) is 2. The summed E-state index contributed by atoms with van der Waals surface area (Å²) in [6.07, 6.45) is 2.54. The number of hydrogen-bond acceptors (Lipinski definition) is 3. The van der Waals surface area contributed by atoms with Gasteiger partial charge < -0.3 is 10.2 Å². The van der Waals surface area contributed by atoms with E-state index >= 15 is 0 Å². The Bertz CT molecular complexity index is 516. The van der Waals surface area contributed by atoms with Crippen LogP contribution in [0.5, 0.6) is 0 Å². The average molecular weight is 317 g/mol. The molecule has 1 aliphatic rings. The molecule has 2 rings (SSSR count). The van der Waals surface area contributed by atoms with Crippen LogP contribution in [0, 0.1) is 6.92 Å². The van der Waals surface area contributed by atoms with E-state index in [1.165, 1.54) is 18.4 Å². The van der Waals surface area contributed by atoms with Crippen LogP contribution in [-0.4, -0.2) is 55.0 Å². The Hall–Kier alpha value is -1.39. The van der Waals surface area contributed by atoms with Gasteiger partial charge >= 0.3 is 0 Å². The van der Waals surface area contributed by atoms with E-state index in [-0.39, 0.29) is 17.5 Å². The van der Waals surface area contributed by atoms with Gasteiger partial charge in [-0.1, -0.05) is 29.8 Å². The van der Waals surface area contributed by atoms with Crippen molar-refractivity contribution in [3.63, 3.8) is 0 Å². The maximum absolute atomic E-state index is 12.9. The number of likely N-dealkylation sites (tertiary alicyclic amines) is 1. The third-order valence-corrected chi connectivity index (χ3v) is 4.44. The van der Waals surface area contributed by atoms with E-state index < -0.39 is 0 Å². The van der Waals surface area contributed by atoms with Crippen LogP contribution in [-0.2, 0) is 4.79 Å². The molecular weight excluding hydrogens is 286 g/mol. The lowest BCUT2D eigenvalue weighted by atomic mass is 10.00.